The molecular weight excluding hydrogens is 476 g/mol. The van der Waals surface area contributed by atoms with Crippen molar-refractivity contribution in [3.05, 3.63) is 144 Å². The van der Waals surface area contributed by atoms with Crippen molar-refractivity contribution in [1.82, 2.24) is 0 Å². The smallest absolute Gasteiger partial charge is 0.479 e. The summed E-state index contributed by atoms with van der Waals surface area (Å²) >= 11 is 0. The molecule has 7 nitrogen and oxygen atoms in total. The lowest BCUT2D eigenvalue weighted by Gasteiger charge is -2.34. The van der Waals surface area contributed by atoms with E-state index in [0.717, 1.165) is 0 Å². The van der Waals surface area contributed by atoms with Gasteiger partial charge in [-0.05, 0) is 22.3 Å². The van der Waals surface area contributed by atoms with E-state index >= 15 is 0 Å². The molecule has 0 aliphatic carbocycles. The van der Waals surface area contributed by atoms with Gasteiger partial charge in [0.2, 0.25) is 11.2 Å². The third-order valence-corrected chi connectivity index (χ3v) is 7.67. The highest BCUT2D eigenvalue weighted by Gasteiger charge is 2.69. The summed E-state index contributed by atoms with van der Waals surface area (Å²) in [7, 11) is -4.94. The van der Waals surface area contributed by atoms with Crippen molar-refractivity contribution in [2.45, 2.75) is 11.2 Å². The van der Waals surface area contributed by atoms with E-state index in [1.54, 1.807) is 121 Å². The number of carboxylic acid groups (broad SMARTS) is 1. The van der Waals surface area contributed by atoms with Gasteiger partial charge >= 0.3 is 21.0 Å². The van der Waals surface area contributed by atoms with Gasteiger partial charge < -0.3 is 23.2 Å². The van der Waals surface area contributed by atoms with Gasteiger partial charge in [0.05, 0.1) is 0 Å². The van der Waals surface area contributed by atoms with E-state index in [9.17, 15) is 19.5 Å². The second-order valence-corrected chi connectivity index (χ2v) is 9.91. The Morgan fingerprint density at radius 1 is 0.722 bits per heavy atom. The topological polar surface area (TPSA) is 102 Å². The summed E-state index contributed by atoms with van der Waals surface area (Å²) in [5, 5.41) is 10.5. The Kier molecular flexibility index (Phi) is 6.03. The van der Waals surface area contributed by atoms with Gasteiger partial charge in [-0.1, -0.05) is 121 Å². The highest BCUT2D eigenvalue weighted by atomic mass is 28.4. The Balaban J connectivity index is 1.67. The van der Waals surface area contributed by atoms with Gasteiger partial charge in [-0.2, -0.15) is 0 Å². The standard InChI is InChI=1S/C28H22O7Si/c29-25(30)27(21-13-5-1-6-14-21,22-15-7-2-8-16-22)34-36(32)33-26(31)28(35-36,23-17-9-3-10-18-23)24-19-11-4-12-20-24/h1-20,32H,(H,29,30). The molecule has 2 N–H and O–H groups in total. The van der Waals surface area contributed by atoms with Gasteiger partial charge in [0.1, 0.15) is 0 Å². The largest absolute Gasteiger partial charge is 0.751 e. The van der Waals surface area contributed by atoms with E-state index in [4.69, 9.17) is 13.3 Å². The first kappa shape index (κ1) is 23.6. The van der Waals surface area contributed by atoms with Crippen molar-refractivity contribution in [3.8, 4) is 0 Å². The molecule has 5 rings (SSSR count). The molecule has 1 saturated heterocycles. The van der Waals surface area contributed by atoms with Crippen LogP contribution in [0, 0.1) is 0 Å². The van der Waals surface area contributed by atoms with Crippen molar-refractivity contribution in [2.75, 3.05) is 0 Å². The van der Waals surface area contributed by atoms with Crippen LogP contribution in [0.3, 0.4) is 0 Å². The van der Waals surface area contributed by atoms with Crippen LogP contribution in [0.25, 0.3) is 0 Å². The number of rotatable bonds is 7. The third kappa shape index (κ3) is 3.82. The summed E-state index contributed by atoms with van der Waals surface area (Å²) in [6.07, 6.45) is 0. The van der Waals surface area contributed by atoms with Gasteiger partial charge in [0.25, 0.3) is 0 Å². The second-order valence-electron chi connectivity index (χ2n) is 8.25. The van der Waals surface area contributed by atoms with Crippen LogP contribution in [0.15, 0.2) is 121 Å². The predicted molar refractivity (Wildman–Crippen MR) is 131 cm³/mol. The van der Waals surface area contributed by atoms with Crippen LogP contribution in [0.1, 0.15) is 22.3 Å². The fraction of sp³-hybridized carbons (Fsp3) is 0.0714. The third-order valence-electron chi connectivity index (χ3n) is 6.10. The number of carboxylic acids is 1. The summed E-state index contributed by atoms with van der Waals surface area (Å²) < 4.78 is 17.6. The monoisotopic (exact) mass is 498 g/mol. The number of hydrogen-bond donors (Lipinski definition) is 2. The number of benzene rings is 4. The molecular formula is C28H22O7Si. The van der Waals surface area contributed by atoms with E-state index < -0.39 is 32.2 Å². The molecule has 1 heterocycles. The fourth-order valence-corrected chi connectivity index (χ4v) is 6.39. The van der Waals surface area contributed by atoms with Crippen LogP contribution in [0.5, 0.6) is 0 Å². The van der Waals surface area contributed by atoms with E-state index in [2.05, 4.69) is 0 Å². The molecule has 0 saturated carbocycles. The van der Waals surface area contributed by atoms with Crippen LogP contribution in [0.2, 0.25) is 0 Å². The summed E-state index contributed by atoms with van der Waals surface area (Å²) in [5.74, 6) is -2.30. The zero-order valence-electron chi connectivity index (χ0n) is 19.0. The SMILES string of the molecule is O=C(O)C(O[Si]1(O)OC(=O)C(c2ccccc2)(c2ccccc2)O1)(c1ccccc1)c1ccccc1. The first-order chi connectivity index (χ1) is 17.4. The number of carbonyl (C=O) groups is 2. The zero-order chi connectivity index (χ0) is 25.2. The fourth-order valence-electron chi connectivity index (χ4n) is 4.47. The minimum absolute atomic E-state index is 0.223. The quantitative estimate of drug-likeness (QED) is 0.372. The Morgan fingerprint density at radius 3 is 1.50 bits per heavy atom. The maximum atomic E-state index is 13.5. The Labute approximate surface area is 208 Å². The molecule has 1 aliphatic rings. The van der Waals surface area contributed by atoms with Crippen LogP contribution in [-0.2, 0) is 34.1 Å². The molecule has 36 heavy (non-hydrogen) atoms. The van der Waals surface area contributed by atoms with Crippen molar-refractivity contribution in [2.24, 2.45) is 0 Å². The molecule has 1 fully saturated rings. The molecule has 0 radical (unpaired) electrons. The van der Waals surface area contributed by atoms with Gasteiger partial charge in [0, 0.05) is 0 Å². The van der Waals surface area contributed by atoms with Crippen LogP contribution >= 0.6 is 0 Å². The summed E-state index contributed by atoms with van der Waals surface area (Å²) in [5.41, 5.74) is -2.79. The van der Waals surface area contributed by atoms with Crippen molar-refractivity contribution < 1.29 is 32.8 Å². The van der Waals surface area contributed by atoms with E-state index in [1.807, 2.05) is 0 Å². The van der Waals surface area contributed by atoms with Gasteiger partial charge in [-0.3, -0.25) is 0 Å². The maximum Gasteiger partial charge on any atom is 0.751 e. The summed E-state index contributed by atoms with van der Waals surface area (Å²) in [6, 6.07) is 33.5. The van der Waals surface area contributed by atoms with Crippen LogP contribution in [0.4, 0.5) is 0 Å². The molecule has 1 aliphatic heterocycles. The maximum absolute atomic E-state index is 13.5. The number of hydrogen-bond acceptors (Lipinski definition) is 6. The molecule has 0 aromatic heterocycles. The predicted octanol–water partition coefficient (Wildman–Crippen LogP) is 3.98. The van der Waals surface area contributed by atoms with E-state index in [0.29, 0.717) is 11.1 Å². The molecule has 4 aromatic rings. The first-order valence-corrected chi connectivity index (χ1v) is 12.9. The molecule has 0 bridgehead atoms. The van der Waals surface area contributed by atoms with E-state index in [1.165, 1.54) is 0 Å². The van der Waals surface area contributed by atoms with Gasteiger partial charge in [-0.15, -0.1) is 0 Å². The average molecular weight is 499 g/mol. The van der Waals surface area contributed by atoms with Crippen molar-refractivity contribution in [1.29, 1.82) is 0 Å². The number of carbonyl (C=O) groups excluding carboxylic acids is 1. The molecule has 1 atom stereocenters. The average Bonchev–Trinajstić information content (AvgIpc) is 3.20. The highest BCUT2D eigenvalue weighted by Crippen LogP contribution is 2.46. The zero-order valence-corrected chi connectivity index (χ0v) is 20.0. The number of aliphatic carboxylic acids is 1. The first-order valence-electron chi connectivity index (χ1n) is 11.2. The molecule has 0 amide bonds. The molecule has 180 valence electrons. The lowest BCUT2D eigenvalue weighted by molar-refractivity contribution is -0.160. The Morgan fingerprint density at radius 2 is 1.11 bits per heavy atom. The normalized spacial score (nSPS) is 19.0. The molecule has 1 unspecified atom stereocenters. The molecule has 4 aromatic carbocycles. The van der Waals surface area contributed by atoms with E-state index in [-0.39, 0.29) is 11.1 Å². The van der Waals surface area contributed by atoms with Crippen LogP contribution < -0.4 is 0 Å². The van der Waals surface area contributed by atoms with Crippen molar-refractivity contribution in [3.63, 3.8) is 0 Å². The molecule has 0 spiro atoms. The highest BCUT2D eigenvalue weighted by molar-refractivity contribution is 6.57. The van der Waals surface area contributed by atoms with Crippen LogP contribution in [-0.4, -0.2) is 30.9 Å². The van der Waals surface area contributed by atoms with Gasteiger partial charge in [0.15, 0.2) is 0 Å². The lowest BCUT2D eigenvalue weighted by atomic mass is 9.86. The summed E-state index contributed by atoms with van der Waals surface area (Å²) in [4.78, 5) is 38.1. The minimum Gasteiger partial charge on any atom is -0.479 e. The Bertz CT molecular complexity index is 1290. The second kappa shape index (κ2) is 9.18. The minimum atomic E-state index is -4.94. The summed E-state index contributed by atoms with van der Waals surface area (Å²) in [6.45, 7) is 0. The van der Waals surface area contributed by atoms with Gasteiger partial charge in [-0.25, -0.2) is 9.59 Å². The van der Waals surface area contributed by atoms with Crippen molar-refractivity contribution >= 4 is 21.0 Å². The lowest BCUT2D eigenvalue weighted by Crippen LogP contribution is -2.54. The Hall–Kier alpha value is -4.08. The molecule has 8 heteroatoms.